The first-order chi connectivity index (χ1) is 8.08. The Morgan fingerprint density at radius 1 is 1.12 bits per heavy atom. The van der Waals surface area contributed by atoms with Crippen molar-refractivity contribution in [1.82, 2.24) is 5.32 Å². The van der Waals surface area contributed by atoms with Gasteiger partial charge in [-0.05, 0) is 42.6 Å². The molecule has 1 aromatic carbocycles. The standard InChI is InChI=1S/C14H21Br2N/c1-4-6-17-14(10(3)5-2)11-7-12(15)9-13(16)8-11/h7-10,14,17H,4-6H2,1-3H3. The van der Waals surface area contributed by atoms with Crippen molar-refractivity contribution >= 4 is 31.9 Å². The van der Waals surface area contributed by atoms with Crippen LogP contribution in [0.5, 0.6) is 0 Å². The van der Waals surface area contributed by atoms with Crippen molar-refractivity contribution < 1.29 is 0 Å². The second-order valence-electron chi connectivity index (χ2n) is 4.52. The summed E-state index contributed by atoms with van der Waals surface area (Å²) >= 11 is 7.13. The Bertz CT molecular complexity index is 332. The maximum absolute atomic E-state index is 3.65. The Kier molecular flexibility index (Phi) is 6.75. The molecule has 96 valence electrons. The Morgan fingerprint density at radius 3 is 2.18 bits per heavy atom. The van der Waals surface area contributed by atoms with Crippen LogP contribution < -0.4 is 5.32 Å². The minimum absolute atomic E-state index is 0.439. The van der Waals surface area contributed by atoms with Crippen molar-refractivity contribution in [2.24, 2.45) is 5.92 Å². The molecule has 0 amide bonds. The van der Waals surface area contributed by atoms with Gasteiger partial charge < -0.3 is 5.32 Å². The van der Waals surface area contributed by atoms with Crippen molar-refractivity contribution in [3.63, 3.8) is 0 Å². The van der Waals surface area contributed by atoms with E-state index in [1.807, 2.05) is 0 Å². The molecule has 2 unspecified atom stereocenters. The van der Waals surface area contributed by atoms with Crippen LogP contribution in [-0.2, 0) is 0 Å². The maximum Gasteiger partial charge on any atom is 0.0346 e. The highest BCUT2D eigenvalue weighted by Crippen LogP contribution is 2.29. The van der Waals surface area contributed by atoms with Crippen LogP contribution in [0.25, 0.3) is 0 Å². The zero-order valence-electron chi connectivity index (χ0n) is 10.8. The van der Waals surface area contributed by atoms with Crippen LogP contribution in [0.3, 0.4) is 0 Å². The molecule has 1 rings (SSSR count). The molecular weight excluding hydrogens is 342 g/mol. The van der Waals surface area contributed by atoms with E-state index in [1.54, 1.807) is 0 Å². The van der Waals surface area contributed by atoms with Crippen molar-refractivity contribution in [2.45, 2.75) is 39.7 Å². The van der Waals surface area contributed by atoms with E-state index in [-0.39, 0.29) is 0 Å². The first kappa shape index (κ1) is 15.2. The lowest BCUT2D eigenvalue weighted by atomic mass is 9.92. The molecule has 0 saturated heterocycles. The quantitative estimate of drug-likeness (QED) is 0.724. The molecule has 3 heteroatoms. The van der Waals surface area contributed by atoms with Gasteiger partial charge in [0.05, 0.1) is 0 Å². The van der Waals surface area contributed by atoms with Gasteiger partial charge in [0, 0.05) is 15.0 Å². The van der Waals surface area contributed by atoms with Gasteiger partial charge in [0.25, 0.3) is 0 Å². The lowest BCUT2D eigenvalue weighted by molar-refractivity contribution is 0.377. The molecule has 0 aromatic heterocycles. The van der Waals surface area contributed by atoms with Gasteiger partial charge in [0.1, 0.15) is 0 Å². The van der Waals surface area contributed by atoms with Gasteiger partial charge in [-0.2, -0.15) is 0 Å². The first-order valence-electron chi connectivity index (χ1n) is 6.27. The zero-order chi connectivity index (χ0) is 12.8. The van der Waals surface area contributed by atoms with E-state index >= 15 is 0 Å². The van der Waals surface area contributed by atoms with Gasteiger partial charge in [0.15, 0.2) is 0 Å². The molecule has 0 spiro atoms. The number of benzene rings is 1. The lowest BCUT2D eigenvalue weighted by Gasteiger charge is -2.25. The number of rotatable bonds is 6. The highest BCUT2D eigenvalue weighted by atomic mass is 79.9. The predicted octanol–water partition coefficient (Wildman–Crippen LogP) is 5.30. The lowest BCUT2D eigenvalue weighted by Crippen LogP contribution is -2.27. The molecule has 0 saturated carbocycles. The van der Waals surface area contributed by atoms with Crippen LogP contribution in [0.15, 0.2) is 27.1 Å². The van der Waals surface area contributed by atoms with Crippen LogP contribution in [0.1, 0.15) is 45.2 Å². The highest BCUT2D eigenvalue weighted by molar-refractivity contribution is 9.11. The molecule has 2 atom stereocenters. The summed E-state index contributed by atoms with van der Waals surface area (Å²) in [4.78, 5) is 0. The van der Waals surface area contributed by atoms with Crippen molar-refractivity contribution in [3.8, 4) is 0 Å². The third-order valence-corrected chi connectivity index (χ3v) is 3.99. The Morgan fingerprint density at radius 2 is 1.71 bits per heavy atom. The average molecular weight is 363 g/mol. The first-order valence-corrected chi connectivity index (χ1v) is 7.86. The zero-order valence-corrected chi connectivity index (χ0v) is 13.9. The van der Waals surface area contributed by atoms with Crippen LogP contribution >= 0.6 is 31.9 Å². The summed E-state index contributed by atoms with van der Waals surface area (Å²) in [6, 6.07) is 6.94. The summed E-state index contributed by atoms with van der Waals surface area (Å²) in [5, 5.41) is 3.65. The molecule has 1 nitrogen and oxygen atoms in total. The van der Waals surface area contributed by atoms with Crippen molar-refractivity contribution in [1.29, 1.82) is 0 Å². The van der Waals surface area contributed by atoms with Crippen molar-refractivity contribution in [3.05, 3.63) is 32.7 Å². The van der Waals surface area contributed by atoms with Crippen LogP contribution in [0.4, 0.5) is 0 Å². The molecule has 0 radical (unpaired) electrons. The fourth-order valence-electron chi connectivity index (χ4n) is 1.94. The summed E-state index contributed by atoms with van der Waals surface area (Å²) in [6.45, 7) is 7.83. The van der Waals surface area contributed by atoms with Crippen LogP contribution in [0, 0.1) is 5.92 Å². The van der Waals surface area contributed by atoms with Crippen molar-refractivity contribution in [2.75, 3.05) is 6.54 Å². The van der Waals surface area contributed by atoms with Gasteiger partial charge in [-0.25, -0.2) is 0 Å². The minimum atomic E-state index is 0.439. The van der Waals surface area contributed by atoms with Gasteiger partial charge in [-0.15, -0.1) is 0 Å². The third kappa shape index (κ3) is 4.72. The fraction of sp³-hybridized carbons (Fsp3) is 0.571. The number of hydrogen-bond donors (Lipinski definition) is 1. The summed E-state index contributed by atoms with van der Waals surface area (Å²) in [6.07, 6.45) is 2.35. The Labute approximate surface area is 122 Å². The highest BCUT2D eigenvalue weighted by Gasteiger charge is 2.17. The molecule has 17 heavy (non-hydrogen) atoms. The number of hydrogen-bond acceptors (Lipinski definition) is 1. The van der Waals surface area contributed by atoms with Gasteiger partial charge in [-0.1, -0.05) is 59.1 Å². The Balaban J connectivity index is 2.94. The molecule has 1 N–H and O–H groups in total. The molecule has 1 aromatic rings. The molecule has 0 aliphatic rings. The van der Waals surface area contributed by atoms with E-state index < -0.39 is 0 Å². The number of nitrogens with one attached hydrogen (secondary N) is 1. The van der Waals surface area contributed by atoms with Gasteiger partial charge in [-0.3, -0.25) is 0 Å². The summed E-state index contributed by atoms with van der Waals surface area (Å²) < 4.78 is 2.27. The number of halogens is 2. The molecule has 0 fully saturated rings. The topological polar surface area (TPSA) is 12.0 Å². The second kappa shape index (κ2) is 7.55. The molecule has 0 bridgehead atoms. The monoisotopic (exact) mass is 361 g/mol. The third-order valence-electron chi connectivity index (χ3n) is 3.07. The van der Waals surface area contributed by atoms with E-state index in [4.69, 9.17) is 0 Å². The minimum Gasteiger partial charge on any atom is -0.310 e. The summed E-state index contributed by atoms with van der Waals surface area (Å²) in [5.74, 6) is 0.641. The van der Waals surface area contributed by atoms with Gasteiger partial charge in [0.2, 0.25) is 0 Å². The maximum atomic E-state index is 3.65. The van der Waals surface area contributed by atoms with E-state index in [1.165, 1.54) is 18.4 Å². The predicted molar refractivity (Wildman–Crippen MR) is 82.3 cm³/mol. The van der Waals surface area contributed by atoms with E-state index in [0.29, 0.717) is 12.0 Å². The normalized spacial score (nSPS) is 14.6. The fourth-order valence-corrected chi connectivity index (χ4v) is 3.27. The van der Waals surface area contributed by atoms with Crippen LogP contribution in [-0.4, -0.2) is 6.54 Å². The van der Waals surface area contributed by atoms with E-state index in [2.05, 4.69) is 76.1 Å². The second-order valence-corrected chi connectivity index (χ2v) is 6.35. The Hall–Kier alpha value is 0.140. The molecule has 0 aliphatic heterocycles. The molecular formula is C14H21Br2N. The van der Waals surface area contributed by atoms with Gasteiger partial charge >= 0.3 is 0 Å². The molecule has 0 aliphatic carbocycles. The SMILES string of the molecule is CCCNC(c1cc(Br)cc(Br)c1)C(C)CC. The van der Waals surface area contributed by atoms with E-state index in [0.717, 1.165) is 15.5 Å². The smallest absolute Gasteiger partial charge is 0.0346 e. The van der Waals surface area contributed by atoms with Crippen LogP contribution in [0.2, 0.25) is 0 Å². The molecule has 0 heterocycles. The average Bonchev–Trinajstić information content (AvgIpc) is 2.28. The largest absolute Gasteiger partial charge is 0.310 e. The van der Waals surface area contributed by atoms with E-state index in [9.17, 15) is 0 Å². The summed E-state index contributed by atoms with van der Waals surface area (Å²) in [7, 11) is 0. The summed E-state index contributed by atoms with van der Waals surface area (Å²) in [5.41, 5.74) is 1.36.